The predicted molar refractivity (Wildman–Crippen MR) is 145 cm³/mol. The SMILES string of the molecule is Cc1ccc2oc(-c3ccc(Cl)c(NC(=O)c4ccc(-c5cc6ccccc6oc5=O)cc4)c3)nc2c1. The lowest BCUT2D eigenvalue weighted by Crippen LogP contribution is -2.12. The number of hydrogen-bond donors (Lipinski definition) is 1. The van der Waals surface area contributed by atoms with Gasteiger partial charge in [-0.1, -0.05) is 48.0 Å². The molecule has 0 bridgehead atoms. The number of para-hydroxylation sites is 1. The molecule has 0 saturated carbocycles. The summed E-state index contributed by atoms with van der Waals surface area (Å²) in [5.74, 6) is 0.0932. The van der Waals surface area contributed by atoms with Crippen molar-refractivity contribution >= 4 is 45.3 Å². The largest absolute Gasteiger partial charge is 0.436 e. The van der Waals surface area contributed by atoms with Gasteiger partial charge in [0.05, 0.1) is 16.3 Å². The van der Waals surface area contributed by atoms with E-state index in [1.807, 2.05) is 43.3 Å². The zero-order valence-corrected chi connectivity index (χ0v) is 20.4. The second-order valence-corrected chi connectivity index (χ2v) is 9.11. The van der Waals surface area contributed by atoms with Gasteiger partial charge in [0.2, 0.25) is 5.89 Å². The van der Waals surface area contributed by atoms with Gasteiger partial charge < -0.3 is 14.2 Å². The Balaban J connectivity index is 1.26. The van der Waals surface area contributed by atoms with Gasteiger partial charge >= 0.3 is 5.63 Å². The number of hydrogen-bond acceptors (Lipinski definition) is 5. The molecule has 0 saturated heterocycles. The molecule has 0 atom stereocenters. The maximum absolute atomic E-state index is 13.0. The van der Waals surface area contributed by atoms with E-state index in [2.05, 4.69) is 10.3 Å². The molecule has 0 spiro atoms. The number of oxazole rings is 1. The molecule has 0 aliphatic rings. The number of nitrogens with zero attached hydrogens (tertiary/aromatic N) is 1. The summed E-state index contributed by atoms with van der Waals surface area (Å²) < 4.78 is 11.3. The highest BCUT2D eigenvalue weighted by Gasteiger charge is 2.14. The predicted octanol–water partition coefficient (Wildman–Crippen LogP) is 7.48. The van der Waals surface area contributed by atoms with Gasteiger partial charge in [-0.05, 0) is 72.6 Å². The standard InChI is InChI=1S/C30H19ClN2O4/c1-17-6-13-27-25(14-17)33-29(36-27)21-11-12-23(31)24(16-21)32-28(34)19-9-7-18(8-10-19)22-15-20-4-2-3-5-26(20)37-30(22)35/h2-16H,1H3,(H,32,34). The number of anilines is 1. The van der Waals surface area contributed by atoms with Crippen molar-refractivity contribution in [3.05, 3.63) is 118 Å². The average molecular weight is 507 g/mol. The highest BCUT2D eigenvalue weighted by atomic mass is 35.5. The first kappa shape index (κ1) is 22.8. The van der Waals surface area contributed by atoms with E-state index in [1.165, 1.54) is 0 Å². The molecule has 6 nitrogen and oxygen atoms in total. The van der Waals surface area contributed by atoms with Gasteiger partial charge in [0.25, 0.3) is 5.91 Å². The van der Waals surface area contributed by atoms with Crippen LogP contribution in [0.2, 0.25) is 5.02 Å². The third kappa shape index (κ3) is 4.39. The maximum atomic E-state index is 13.0. The Morgan fingerprint density at radius 1 is 0.838 bits per heavy atom. The number of fused-ring (bicyclic) bond motifs is 2. The summed E-state index contributed by atoms with van der Waals surface area (Å²) in [6.45, 7) is 1.99. The Bertz CT molecular complexity index is 1870. The molecule has 6 rings (SSSR count). The number of carbonyl (C=O) groups is 1. The number of amides is 1. The van der Waals surface area contributed by atoms with Crippen LogP contribution in [0.15, 0.2) is 105 Å². The fraction of sp³-hybridized carbons (Fsp3) is 0.0333. The van der Waals surface area contributed by atoms with Gasteiger partial charge in [0, 0.05) is 16.5 Å². The van der Waals surface area contributed by atoms with Gasteiger partial charge in [-0.25, -0.2) is 9.78 Å². The van der Waals surface area contributed by atoms with Crippen LogP contribution in [-0.4, -0.2) is 10.9 Å². The molecule has 1 amide bonds. The monoisotopic (exact) mass is 506 g/mol. The van der Waals surface area contributed by atoms with Crippen LogP contribution in [0.4, 0.5) is 5.69 Å². The van der Waals surface area contributed by atoms with E-state index in [4.69, 9.17) is 20.4 Å². The highest BCUT2D eigenvalue weighted by molar-refractivity contribution is 6.34. The smallest absolute Gasteiger partial charge is 0.344 e. The van der Waals surface area contributed by atoms with Crippen LogP contribution in [0.3, 0.4) is 0 Å². The molecule has 6 aromatic rings. The second kappa shape index (κ2) is 9.08. The zero-order valence-electron chi connectivity index (χ0n) is 19.6. The topological polar surface area (TPSA) is 85.3 Å². The van der Waals surface area contributed by atoms with Crippen LogP contribution in [0.5, 0.6) is 0 Å². The van der Waals surface area contributed by atoms with Gasteiger partial charge in [0.1, 0.15) is 11.1 Å². The summed E-state index contributed by atoms with van der Waals surface area (Å²) in [5, 5.41) is 4.06. The van der Waals surface area contributed by atoms with Crippen LogP contribution in [0.25, 0.3) is 44.7 Å². The minimum absolute atomic E-state index is 0.343. The molecule has 7 heteroatoms. The van der Waals surface area contributed by atoms with Gasteiger partial charge in [-0.2, -0.15) is 0 Å². The van der Waals surface area contributed by atoms with Crippen molar-refractivity contribution in [3.63, 3.8) is 0 Å². The van der Waals surface area contributed by atoms with Crippen LogP contribution < -0.4 is 10.9 Å². The average Bonchev–Trinajstić information content (AvgIpc) is 3.33. The maximum Gasteiger partial charge on any atom is 0.344 e. The normalized spacial score (nSPS) is 11.2. The van der Waals surface area contributed by atoms with Gasteiger partial charge in [-0.3, -0.25) is 4.79 Å². The quantitative estimate of drug-likeness (QED) is 0.250. The first-order chi connectivity index (χ1) is 17.9. The van der Waals surface area contributed by atoms with E-state index in [0.717, 1.165) is 16.5 Å². The Kier molecular flexibility index (Phi) is 5.58. The van der Waals surface area contributed by atoms with E-state index < -0.39 is 5.63 Å². The number of benzene rings is 4. The summed E-state index contributed by atoms with van der Waals surface area (Å²) in [6.07, 6.45) is 0. The van der Waals surface area contributed by atoms with Crippen molar-refractivity contribution in [2.75, 3.05) is 5.32 Å². The molecule has 0 aliphatic heterocycles. The number of aryl methyl sites for hydroxylation is 1. The lowest BCUT2D eigenvalue weighted by molar-refractivity contribution is 0.102. The summed E-state index contributed by atoms with van der Waals surface area (Å²) >= 11 is 6.37. The van der Waals surface area contributed by atoms with Crippen LogP contribution in [0.1, 0.15) is 15.9 Å². The molecule has 4 aromatic carbocycles. The van der Waals surface area contributed by atoms with E-state index in [0.29, 0.717) is 50.0 Å². The zero-order chi connectivity index (χ0) is 25.5. The molecule has 0 radical (unpaired) electrons. The first-order valence-corrected chi connectivity index (χ1v) is 11.9. The lowest BCUT2D eigenvalue weighted by atomic mass is 10.0. The summed E-state index contributed by atoms with van der Waals surface area (Å²) in [5.41, 5.74) is 5.23. The third-order valence-electron chi connectivity index (χ3n) is 6.10. The van der Waals surface area contributed by atoms with E-state index in [1.54, 1.807) is 54.6 Å². The van der Waals surface area contributed by atoms with Crippen molar-refractivity contribution in [1.82, 2.24) is 4.98 Å². The molecule has 0 aliphatic carbocycles. The molecule has 37 heavy (non-hydrogen) atoms. The number of carbonyl (C=O) groups excluding carboxylic acids is 1. The Labute approximate surface area is 216 Å². The Morgan fingerprint density at radius 2 is 1.62 bits per heavy atom. The number of nitrogens with one attached hydrogen (secondary N) is 1. The van der Waals surface area contributed by atoms with Crippen molar-refractivity contribution in [1.29, 1.82) is 0 Å². The van der Waals surface area contributed by atoms with E-state index >= 15 is 0 Å². The number of aromatic nitrogens is 1. The van der Waals surface area contributed by atoms with Crippen molar-refractivity contribution in [2.45, 2.75) is 6.92 Å². The van der Waals surface area contributed by atoms with Crippen molar-refractivity contribution in [3.8, 4) is 22.6 Å². The van der Waals surface area contributed by atoms with Crippen molar-refractivity contribution in [2.24, 2.45) is 0 Å². The number of rotatable bonds is 4. The highest BCUT2D eigenvalue weighted by Crippen LogP contribution is 2.31. The summed E-state index contributed by atoms with van der Waals surface area (Å²) in [4.78, 5) is 30.0. The van der Waals surface area contributed by atoms with Gasteiger partial charge in [-0.15, -0.1) is 0 Å². The Morgan fingerprint density at radius 3 is 2.46 bits per heavy atom. The molecule has 180 valence electrons. The molecule has 1 N–H and O–H groups in total. The Hall–Kier alpha value is -4.68. The fourth-order valence-corrected chi connectivity index (χ4v) is 4.34. The minimum atomic E-state index is -0.436. The van der Waals surface area contributed by atoms with Crippen molar-refractivity contribution < 1.29 is 13.6 Å². The lowest BCUT2D eigenvalue weighted by Gasteiger charge is -2.09. The second-order valence-electron chi connectivity index (χ2n) is 8.70. The molecule has 0 unspecified atom stereocenters. The molecular weight excluding hydrogens is 488 g/mol. The molecular formula is C30H19ClN2O4. The molecule has 2 aromatic heterocycles. The summed E-state index contributed by atoms with van der Waals surface area (Å²) in [6, 6.07) is 26.8. The number of halogens is 1. The van der Waals surface area contributed by atoms with E-state index in [9.17, 15) is 9.59 Å². The third-order valence-corrected chi connectivity index (χ3v) is 6.43. The van der Waals surface area contributed by atoms with Crippen LogP contribution in [0, 0.1) is 6.92 Å². The van der Waals surface area contributed by atoms with Crippen LogP contribution in [-0.2, 0) is 0 Å². The summed E-state index contributed by atoms with van der Waals surface area (Å²) in [7, 11) is 0. The molecule has 0 fully saturated rings. The van der Waals surface area contributed by atoms with E-state index in [-0.39, 0.29) is 5.91 Å². The first-order valence-electron chi connectivity index (χ1n) is 11.6. The van der Waals surface area contributed by atoms with Crippen LogP contribution >= 0.6 is 11.6 Å². The minimum Gasteiger partial charge on any atom is -0.436 e. The molecule has 2 heterocycles. The van der Waals surface area contributed by atoms with Gasteiger partial charge in [0.15, 0.2) is 5.58 Å². The fourth-order valence-electron chi connectivity index (χ4n) is 4.17.